The number of aromatic nitrogens is 2. The predicted molar refractivity (Wildman–Crippen MR) is 123 cm³/mol. The Morgan fingerprint density at radius 2 is 2.09 bits per heavy atom. The molecule has 0 aliphatic carbocycles. The lowest BCUT2D eigenvalue weighted by Crippen LogP contribution is -2.32. The Kier molecular flexibility index (Phi) is 8.06. The molecule has 8 nitrogen and oxygen atoms in total. The van der Waals surface area contributed by atoms with Crippen LogP contribution in [0.15, 0.2) is 42.7 Å². The average molecular weight is 458 g/mol. The number of anilines is 1. The molecule has 2 aliphatic heterocycles. The summed E-state index contributed by atoms with van der Waals surface area (Å²) in [6.45, 7) is 3.53. The SMILES string of the molecule is O=C(/C=C/c1cnc(N[C@@H]2CCN(Cc3ccc(Cl)cc3)C2)cn1)NOC1CCCCO1. The zero-order chi connectivity index (χ0) is 22.2. The molecule has 1 aromatic carbocycles. The van der Waals surface area contributed by atoms with Crippen LogP contribution in [0.1, 0.15) is 36.9 Å². The van der Waals surface area contributed by atoms with Crippen molar-refractivity contribution in [3.8, 4) is 0 Å². The minimum absolute atomic E-state index is 0.322. The van der Waals surface area contributed by atoms with Gasteiger partial charge in [-0.05, 0) is 43.0 Å². The molecule has 1 aromatic heterocycles. The summed E-state index contributed by atoms with van der Waals surface area (Å²) in [5.74, 6) is 0.359. The predicted octanol–water partition coefficient (Wildman–Crippen LogP) is 3.40. The number of benzene rings is 1. The van der Waals surface area contributed by atoms with Gasteiger partial charge in [-0.1, -0.05) is 23.7 Å². The van der Waals surface area contributed by atoms with E-state index in [1.165, 1.54) is 11.6 Å². The second kappa shape index (κ2) is 11.4. The molecule has 2 aliphatic rings. The monoisotopic (exact) mass is 457 g/mol. The molecule has 170 valence electrons. The van der Waals surface area contributed by atoms with E-state index in [2.05, 4.69) is 37.8 Å². The fraction of sp³-hybridized carbons (Fsp3) is 0.435. The summed E-state index contributed by atoms with van der Waals surface area (Å²) in [5, 5.41) is 4.20. The zero-order valence-electron chi connectivity index (χ0n) is 17.9. The second-order valence-corrected chi connectivity index (χ2v) is 8.47. The van der Waals surface area contributed by atoms with Gasteiger partial charge >= 0.3 is 0 Å². The number of hydrogen-bond acceptors (Lipinski definition) is 7. The molecular formula is C23H28ClN5O3. The largest absolute Gasteiger partial charge is 0.365 e. The molecule has 0 saturated carbocycles. The van der Waals surface area contributed by atoms with E-state index in [0.29, 0.717) is 18.3 Å². The van der Waals surface area contributed by atoms with E-state index in [9.17, 15) is 4.79 Å². The first-order valence-corrected chi connectivity index (χ1v) is 11.3. The molecule has 32 heavy (non-hydrogen) atoms. The Bertz CT molecular complexity index is 901. The van der Waals surface area contributed by atoms with Crippen LogP contribution in [-0.2, 0) is 20.9 Å². The van der Waals surface area contributed by atoms with Gasteiger partial charge in [0.2, 0.25) is 0 Å². The number of carbonyl (C=O) groups excluding carboxylic acids is 1. The summed E-state index contributed by atoms with van der Waals surface area (Å²) >= 11 is 5.96. The molecule has 9 heteroatoms. The number of nitrogens with zero attached hydrogens (tertiary/aromatic N) is 3. The van der Waals surface area contributed by atoms with Crippen molar-refractivity contribution in [1.29, 1.82) is 0 Å². The van der Waals surface area contributed by atoms with Crippen LogP contribution >= 0.6 is 11.6 Å². The highest BCUT2D eigenvalue weighted by Gasteiger charge is 2.22. The number of carbonyl (C=O) groups is 1. The molecule has 0 spiro atoms. The molecule has 0 bridgehead atoms. The van der Waals surface area contributed by atoms with Crippen molar-refractivity contribution in [3.63, 3.8) is 0 Å². The molecule has 2 aromatic rings. The summed E-state index contributed by atoms with van der Waals surface area (Å²) in [5.41, 5.74) is 4.23. The first-order valence-electron chi connectivity index (χ1n) is 10.9. The van der Waals surface area contributed by atoms with E-state index in [4.69, 9.17) is 21.2 Å². The number of likely N-dealkylation sites (tertiary alicyclic amines) is 1. The third-order valence-electron chi connectivity index (χ3n) is 5.45. The Hall–Kier alpha value is -2.52. The topological polar surface area (TPSA) is 88.6 Å². The van der Waals surface area contributed by atoms with E-state index in [1.54, 1.807) is 18.5 Å². The van der Waals surface area contributed by atoms with Gasteiger partial charge in [0.1, 0.15) is 5.82 Å². The number of hydrogen-bond donors (Lipinski definition) is 2. The van der Waals surface area contributed by atoms with Crippen LogP contribution in [0.4, 0.5) is 5.82 Å². The minimum Gasteiger partial charge on any atom is -0.365 e. The minimum atomic E-state index is -0.371. The van der Waals surface area contributed by atoms with Gasteiger partial charge in [0.25, 0.3) is 5.91 Å². The summed E-state index contributed by atoms with van der Waals surface area (Å²) in [7, 11) is 0. The van der Waals surface area contributed by atoms with Crippen molar-refractivity contribution in [2.24, 2.45) is 0 Å². The molecular weight excluding hydrogens is 430 g/mol. The number of nitrogens with one attached hydrogen (secondary N) is 2. The molecule has 3 heterocycles. The zero-order valence-corrected chi connectivity index (χ0v) is 18.6. The van der Waals surface area contributed by atoms with E-state index >= 15 is 0 Å². The summed E-state index contributed by atoms with van der Waals surface area (Å²) < 4.78 is 5.40. The Balaban J connectivity index is 1.19. The van der Waals surface area contributed by atoms with E-state index in [0.717, 1.165) is 56.2 Å². The molecule has 0 radical (unpaired) electrons. The average Bonchev–Trinajstić information content (AvgIpc) is 3.26. The second-order valence-electron chi connectivity index (χ2n) is 8.03. The fourth-order valence-electron chi connectivity index (χ4n) is 3.77. The van der Waals surface area contributed by atoms with E-state index in [-0.39, 0.29) is 12.2 Å². The third kappa shape index (κ3) is 7.00. The molecule has 4 rings (SSSR count). The van der Waals surface area contributed by atoms with Crippen LogP contribution in [0.3, 0.4) is 0 Å². The molecule has 1 amide bonds. The van der Waals surface area contributed by atoms with Crippen LogP contribution in [0.2, 0.25) is 5.02 Å². The lowest BCUT2D eigenvalue weighted by Gasteiger charge is -2.21. The van der Waals surface area contributed by atoms with Gasteiger partial charge in [-0.3, -0.25) is 14.7 Å². The molecule has 2 atom stereocenters. The lowest BCUT2D eigenvalue weighted by molar-refractivity contribution is -0.198. The van der Waals surface area contributed by atoms with Crippen LogP contribution in [0, 0.1) is 0 Å². The summed E-state index contributed by atoms with van der Waals surface area (Å²) in [6, 6.07) is 8.31. The highest BCUT2D eigenvalue weighted by Crippen LogP contribution is 2.18. The van der Waals surface area contributed by atoms with Gasteiger partial charge in [0.15, 0.2) is 6.29 Å². The maximum atomic E-state index is 11.9. The number of ether oxygens (including phenoxy) is 1. The third-order valence-corrected chi connectivity index (χ3v) is 5.70. The first kappa shape index (κ1) is 22.7. The van der Waals surface area contributed by atoms with Crippen LogP contribution in [0.5, 0.6) is 0 Å². The van der Waals surface area contributed by atoms with Crippen molar-refractivity contribution in [1.82, 2.24) is 20.3 Å². The van der Waals surface area contributed by atoms with Crippen molar-refractivity contribution in [2.45, 2.75) is 44.6 Å². The van der Waals surface area contributed by atoms with Gasteiger partial charge in [-0.25, -0.2) is 15.3 Å². The summed E-state index contributed by atoms with van der Waals surface area (Å²) in [4.78, 5) is 28.3. The molecule has 2 fully saturated rings. The normalized spacial score (nSPS) is 21.7. The fourth-order valence-corrected chi connectivity index (χ4v) is 3.90. The van der Waals surface area contributed by atoms with Gasteiger partial charge in [-0.2, -0.15) is 0 Å². The maximum Gasteiger partial charge on any atom is 0.267 e. The number of hydroxylamine groups is 1. The van der Waals surface area contributed by atoms with Gasteiger partial charge in [0.05, 0.1) is 18.1 Å². The highest BCUT2D eigenvalue weighted by molar-refractivity contribution is 6.30. The Morgan fingerprint density at radius 3 is 2.84 bits per heavy atom. The van der Waals surface area contributed by atoms with E-state index < -0.39 is 0 Å². The van der Waals surface area contributed by atoms with Crippen molar-refractivity contribution >= 4 is 29.4 Å². The van der Waals surface area contributed by atoms with Gasteiger partial charge < -0.3 is 10.1 Å². The quantitative estimate of drug-likeness (QED) is 0.464. The molecule has 1 unspecified atom stereocenters. The summed E-state index contributed by atoms with van der Waals surface area (Å²) in [6.07, 6.45) is 9.80. The van der Waals surface area contributed by atoms with Crippen LogP contribution in [-0.4, -0.2) is 52.8 Å². The van der Waals surface area contributed by atoms with Crippen molar-refractivity contribution < 1.29 is 14.4 Å². The Morgan fingerprint density at radius 1 is 1.22 bits per heavy atom. The Labute approximate surface area is 192 Å². The first-order chi connectivity index (χ1) is 15.6. The molecule has 2 N–H and O–H groups in total. The van der Waals surface area contributed by atoms with Crippen LogP contribution in [0.25, 0.3) is 6.08 Å². The van der Waals surface area contributed by atoms with Gasteiger partial charge in [-0.15, -0.1) is 0 Å². The van der Waals surface area contributed by atoms with Crippen LogP contribution < -0.4 is 10.8 Å². The molecule has 2 saturated heterocycles. The highest BCUT2D eigenvalue weighted by atomic mass is 35.5. The smallest absolute Gasteiger partial charge is 0.267 e. The van der Waals surface area contributed by atoms with Crippen molar-refractivity contribution in [2.75, 3.05) is 25.0 Å². The standard InChI is InChI=1S/C23H28ClN5O3/c24-18-6-4-17(5-7-18)15-29-11-10-20(16-29)27-21-14-25-19(13-26-21)8-9-22(30)28-32-23-3-1-2-12-31-23/h4-9,13-14,20,23H,1-3,10-12,15-16H2,(H,26,27)(H,28,30)/b9-8+/t20-,23?/m1/s1. The van der Waals surface area contributed by atoms with Crippen molar-refractivity contribution in [3.05, 3.63) is 59.0 Å². The van der Waals surface area contributed by atoms with E-state index in [1.807, 2.05) is 12.1 Å². The maximum absolute atomic E-state index is 11.9. The lowest BCUT2D eigenvalue weighted by atomic mass is 10.2. The van der Waals surface area contributed by atoms with Gasteiger partial charge in [0, 0.05) is 49.8 Å². The number of rotatable bonds is 8. The number of amides is 1. The number of halogens is 1.